The number of aliphatic carboxylic acids is 1. The van der Waals surface area contributed by atoms with Crippen LogP contribution in [0.15, 0.2) is 18.2 Å². The van der Waals surface area contributed by atoms with Crippen molar-refractivity contribution in [3.63, 3.8) is 0 Å². The number of benzene rings is 1. The van der Waals surface area contributed by atoms with E-state index in [2.05, 4.69) is 22.8 Å². The molecule has 0 aliphatic carbocycles. The molecule has 0 saturated carbocycles. The second-order valence-corrected chi connectivity index (χ2v) is 12.0. The first-order valence-electron chi connectivity index (χ1n) is 15.2. The van der Waals surface area contributed by atoms with E-state index in [0.717, 1.165) is 75.0 Å². The Morgan fingerprint density at radius 3 is 2.60 bits per heavy atom. The molecule has 0 aromatic heterocycles. The van der Waals surface area contributed by atoms with Crippen LogP contribution in [0.3, 0.4) is 0 Å². The first kappa shape index (κ1) is 30.3. The van der Waals surface area contributed by atoms with Gasteiger partial charge in [0.1, 0.15) is 5.75 Å². The van der Waals surface area contributed by atoms with Crippen LogP contribution in [0.5, 0.6) is 5.75 Å². The molecule has 0 spiro atoms. The third-order valence-corrected chi connectivity index (χ3v) is 8.78. The molecule has 4 rings (SSSR count). The number of carbonyl (C=O) groups excluding carboxylic acids is 2. The lowest BCUT2D eigenvalue weighted by Gasteiger charge is -2.30. The van der Waals surface area contributed by atoms with Crippen LogP contribution in [0.2, 0.25) is 0 Å². The van der Waals surface area contributed by atoms with E-state index in [0.29, 0.717) is 39.1 Å². The maximum atomic E-state index is 13.7. The third kappa shape index (κ3) is 7.55. The first-order valence-corrected chi connectivity index (χ1v) is 15.2. The fourth-order valence-corrected chi connectivity index (χ4v) is 6.62. The van der Waals surface area contributed by atoms with E-state index in [1.165, 1.54) is 0 Å². The number of amides is 2. The van der Waals surface area contributed by atoms with Gasteiger partial charge in [-0.2, -0.15) is 0 Å². The van der Waals surface area contributed by atoms with E-state index in [1.54, 1.807) is 0 Å². The summed E-state index contributed by atoms with van der Waals surface area (Å²) in [6.07, 6.45) is 6.60. The zero-order valence-corrected chi connectivity index (χ0v) is 24.6. The van der Waals surface area contributed by atoms with Gasteiger partial charge in [0.15, 0.2) is 0 Å². The minimum atomic E-state index is -0.812. The summed E-state index contributed by atoms with van der Waals surface area (Å²) in [5, 5.41) is 10.5. The largest absolute Gasteiger partial charge is 0.493 e. The molecule has 1 N–H and O–H groups in total. The van der Waals surface area contributed by atoms with Gasteiger partial charge >= 0.3 is 5.97 Å². The van der Waals surface area contributed by atoms with Crippen LogP contribution in [0, 0.1) is 5.92 Å². The van der Waals surface area contributed by atoms with Crippen molar-refractivity contribution in [1.29, 1.82) is 0 Å². The van der Waals surface area contributed by atoms with Crippen molar-refractivity contribution in [2.24, 2.45) is 5.92 Å². The number of carboxylic acids is 1. The van der Waals surface area contributed by atoms with Crippen LogP contribution < -0.4 is 4.74 Å². The predicted molar refractivity (Wildman–Crippen MR) is 155 cm³/mol. The number of rotatable bonds is 15. The molecule has 222 valence electrons. The normalized spacial score (nSPS) is 22.6. The fraction of sp³-hybridized carbons (Fsp3) is 0.710. The van der Waals surface area contributed by atoms with E-state index in [1.807, 2.05) is 36.0 Å². The Balaban J connectivity index is 1.52. The minimum absolute atomic E-state index is 0.0825. The Hall–Kier alpha value is -2.65. The lowest BCUT2D eigenvalue weighted by molar-refractivity contribution is -0.144. The van der Waals surface area contributed by atoms with Gasteiger partial charge in [-0.05, 0) is 69.9 Å². The molecule has 0 bridgehead atoms. The highest BCUT2D eigenvalue weighted by atomic mass is 16.5. The van der Waals surface area contributed by atoms with Crippen LogP contribution >= 0.6 is 0 Å². The van der Waals surface area contributed by atoms with Crippen molar-refractivity contribution in [1.82, 2.24) is 19.6 Å². The van der Waals surface area contributed by atoms with Crippen LogP contribution in [-0.4, -0.2) is 115 Å². The summed E-state index contributed by atoms with van der Waals surface area (Å²) in [5.41, 5.74) is 2.15. The summed E-state index contributed by atoms with van der Waals surface area (Å²) in [4.78, 5) is 46.8. The van der Waals surface area contributed by atoms with Gasteiger partial charge in [-0.1, -0.05) is 25.5 Å². The maximum absolute atomic E-state index is 13.7. The van der Waals surface area contributed by atoms with Gasteiger partial charge in [0.2, 0.25) is 11.8 Å². The molecule has 3 unspecified atom stereocenters. The lowest BCUT2D eigenvalue weighted by Crippen LogP contribution is -2.45. The van der Waals surface area contributed by atoms with Gasteiger partial charge in [0, 0.05) is 57.5 Å². The van der Waals surface area contributed by atoms with Crippen LogP contribution in [0.4, 0.5) is 0 Å². The highest BCUT2D eigenvalue weighted by molar-refractivity contribution is 5.79. The molecule has 0 radical (unpaired) electrons. The monoisotopic (exact) mass is 556 g/mol. The van der Waals surface area contributed by atoms with E-state index in [9.17, 15) is 19.5 Å². The second-order valence-electron chi connectivity index (χ2n) is 12.0. The Bertz CT molecular complexity index is 1030. The Kier molecular flexibility index (Phi) is 10.8. The Morgan fingerprint density at radius 1 is 1.10 bits per heavy atom. The smallest absolute Gasteiger partial charge is 0.308 e. The summed E-state index contributed by atoms with van der Waals surface area (Å²) in [6.45, 7) is 7.35. The molecule has 2 amide bonds. The number of hydrogen-bond acceptors (Lipinski definition) is 6. The molecule has 3 heterocycles. The molecular formula is C31H48N4O5. The standard InChI is InChI=1S/C31H48N4O5/c1-4-5-15-34(18-8-14-32(2)3)29(37)22-35-21-25(23-11-12-27-24(20-23)13-19-40-27)30(31(38)39)26(35)9-6-16-33-17-7-10-28(33)36/h11-12,20,25-26,30H,4-10,13-19,21-22H2,1-3H3,(H,38,39). The Morgan fingerprint density at radius 2 is 1.90 bits per heavy atom. The van der Waals surface area contributed by atoms with E-state index < -0.39 is 11.9 Å². The summed E-state index contributed by atoms with van der Waals surface area (Å²) in [6, 6.07) is 5.83. The van der Waals surface area contributed by atoms with Crippen LogP contribution in [0.1, 0.15) is 68.9 Å². The van der Waals surface area contributed by atoms with Gasteiger partial charge in [0.05, 0.1) is 19.1 Å². The third-order valence-electron chi connectivity index (χ3n) is 8.78. The zero-order valence-electron chi connectivity index (χ0n) is 24.6. The van der Waals surface area contributed by atoms with Crippen molar-refractivity contribution < 1.29 is 24.2 Å². The van der Waals surface area contributed by atoms with Crippen LogP contribution in [0.25, 0.3) is 0 Å². The van der Waals surface area contributed by atoms with E-state index in [4.69, 9.17) is 4.74 Å². The average Bonchev–Trinajstić information content (AvgIpc) is 3.64. The number of fused-ring (bicyclic) bond motifs is 1. The van der Waals surface area contributed by atoms with E-state index >= 15 is 0 Å². The number of hydrogen-bond donors (Lipinski definition) is 1. The van der Waals surface area contributed by atoms with Crippen molar-refractivity contribution >= 4 is 17.8 Å². The number of unbranched alkanes of at least 4 members (excludes halogenated alkanes) is 1. The molecule has 3 atom stereocenters. The number of carbonyl (C=O) groups is 3. The fourth-order valence-electron chi connectivity index (χ4n) is 6.62. The Labute approximate surface area is 239 Å². The minimum Gasteiger partial charge on any atom is -0.493 e. The lowest BCUT2D eigenvalue weighted by atomic mass is 9.83. The first-order chi connectivity index (χ1) is 19.3. The van der Waals surface area contributed by atoms with Gasteiger partial charge < -0.3 is 24.5 Å². The number of likely N-dealkylation sites (tertiary alicyclic amines) is 2. The highest BCUT2D eigenvalue weighted by Crippen LogP contribution is 2.41. The van der Waals surface area contributed by atoms with Gasteiger partial charge in [-0.3, -0.25) is 19.3 Å². The molecule has 2 saturated heterocycles. The molecule has 40 heavy (non-hydrogen) atoms. The van der Waals surface area contributed by atoms with Crippen molar-refractivity contribution in [2.45, 2.75) is 70.3 Å². The molecule has 9 nitrogen and oxygen atoms in total. The number of ether oxygens (including phenoxy) is 1. The summed E-state index contributed by atoms with van der Waals surface area (Å²) in [7, 11) is 4.08. The quantitative estimate of drug-likeness (QED) is 0.355. The molecule has 1 aromatic carbocycles. The molecule has 1 aromatic rings. The highest BCUT2D eigenvalue weighted by Gasteiger charge is 2.47. The zero-order chi connectivity index (χ0) is 28.6. The van der Waals surface area contributed by atoms with Crippen LogP contribution in [-0.2, 0) is 20.8 Å². The molecule has 9 heteroatoms. The topological polar surface area (TPSA) is 93.6 Å². The van der Waals surface area contributed by atoms with E-state index in [-0.39, 0.29) is 30.3 Å². The maximum Gasteiger partial charge on any atom is 0.308 e. The summed E-state index contributed by atoms with van der Waals surface area (Å²) in [5.74, 6) is -0.466. The summed E-state index contributed by atoms with van der Waals surface area (Å²) < 4.78 is 5.69. The number of carboxylic acid groups (broad SMARTS) is 1. The molecule has 3 aliphatic heterocycles. The SMILES string of the molecule is CCCCN(CCCN(C)C)C(=O)CN1CC(c2ccc3c(c2)CCO3)C(C(=O)O)C1CCCN1CCCC1=O. The van der Waals surface area contributed by atoms with Crippen molar-refractivity contribution in [3.8, 4) is 5.75 Å². The van der Waals surface area contributed by atoms with Gasteiger partial charge in [-0.25, -0.2) is 0 Å². The second kappa shape index (κ2) is 14.3. The average molecular weight is 557 g/mol. The van der Waals surface area contributed by atoms with Gasteiger partial charge in [-0.15, -0.1) is 0 Å². The predicted octanol–water partition coefficient (Wildman–Crippen LogP) is 3.07. The molecule has 2 fully saturated rings. The van der Waals surface area contributed by atoms with Crippen molar-refractivity contribution in [2.75, 3.05) is 66.5 Å². The molecular weight excluding hydrogens is 508 g/mol. The molecule has 3 aliphatic rings. The number of nitrogens with zero attached hydrogens (tertiary/aromatic N) is 4. The van der Waals surface area contributed by atoms with Crippen molar-refractivity contribution in [3.05, 3.63) is 29.3 Å². The van der Waals surface area contributed by atoms with Gasteiger partial charge in [0.25, 0.3) is 0 Å². The summed E-state index contributed by atoms with van der Waals surface area (Å²) >= 11 is 0.